The first-order valence-corrected chi connectivity index (χ1v) is 8.16. The number of halogens is 1. The number of nitrogens with one attached hydrogen (secondary N) is 1. The highest BCUT2D eigenvalue weighted by Gasteiger charge is 2.42. The third-order valence-corrected chi connectivity index (χ3v) is 4.84. The summed E-state index contributed by atoms with van der Waals surface area (Å²) in [5.74, 6) is 0.212. The lowest BCUT2D eigenvalue weighted by Crippen LogP contribution is -2.54. The topological polar surface area (TPSA) is 32.3 Å². The third-order valence-electron chi connectivity index (χ3n) is 4.58. The van der Waals surface area contributed by atoms with Gasteiger partial charge in [-0.3, -0.25) is 4.79 Å². The van der Waals surface area contributed by atoms with E-state index in [1.807, 2.05) is 36.2 Å². The van der Waals surface area contributed by atoms with Gasteiger partial charge in [-0.2, -0.15) is 0 Å². The number of benzene rings is 1. The highest BCUT2D eigenvalue weighted by molar-refractivity contribution is 6.30. The van der Waals surface area contributed by atoms with Crippen LogP contribution in [0.2, 0.25) is 5.02 Å². The van der Waals surface area contributed by atoms with E-state index < -0.39 is 0 Å². The first kappa shape index (κ1) is 16.3. The van der Waals surface area contributed by atoms with Crippen molar-refractivity contribution in [2.24, 2.45) is 0 Å². The van der Waals surface area contributed by atoms with E-state index in [0.29, 0.717) is 0 Å². The van der Waals surface area contributed by atoms with Crippen LogP contribution in [0.3, 0.4) is 0 Å². The Morgan fingerprint density at radius 1 is 1.43 bits per heavy atom. The SMILES string of the molecule is CCCC1(C(=O)N(C)C(C)c2ccc(Cl)cc2)CCCN1. The van der Waals surface area contributed by atoms with E-state index >= 15 is 0 Å². The predicted octanol–water partition coefficient (Wildman–Crippen LogP) is 3.78. The van der Waals surface area contributed by atoms with Gasteiger partial charge in [0, 0.05) is 12.1 Å². The molecule has 3 nitrogen and oxygen atoms in total. The molecule has 2 atom stereocenters. The van der Waals surface area contributed by atoms with Gasteiger partial charge in [-0.05, 0) is 50.4 Å². The van der Waals surface area contributed by atoms with E-state index in [0.717, 1.165) is 42.8 Å². The minimum atomic E-state index is -0.357. The van der Waals surface area contributed by atoms with Crippen LogP contribution in [0, 0.1) is 0 Å². The summed E-state index contributed by atoms with van der Waals surface area (Å²) >= 11 is 5.93. The fourth-order valence-corrected chi connectivity index (χ4v) is 3.34. The molecule has 2 rings (SSSR count). The minimum absolute atomic E-state index is 0.0471. The molecule has 0 aromatic heterocycles. The Kier molecular flexibility index (Phi) is 5.28. The van der Waals surface area contributed by atoms with Gasteiger partial charge < -0.3 is 10.2 Å². The van der Waals surface area contributed by atoms with Crippen molar-refractivity contribution in [2.75, 3.05) is 13.6 Å². The van der Waals surface area contributed by atoms with Gasteiger partial charge in [0.05, 0.1) is 11.6 Å². The van der Waals surface area contributed by atoms with E-state index in [4.69, 9.17) is 11.6 Å². The largest absolute Gasteiger partial charge is 0.337 e. The van der Waals surface area contributed by atoms with Crippen molar-refractivity contribution in [2.45, 2.75) is 51.1 Å². The quantitative estimate of drug-likeness (QED) is 0.897. The summed E-state index contributed by atoms with van der Waals surface area (Å²) in [6.07, 6.45) is 3.94. The van der Waals surface area contributed by atoms with Gasteiger partial charge >= 0.3 is 0 Å². The summed E-state index contributed by atoms with van der Waals surface area (Å²) in [4.78, 5) is 14.8. The molecule has 1 N–H and O–H groups in total. The second kappa shape index (κ2) is 6.80. The maximum atomic E-state index is 13.0. The average Bonchev–Trinajstić information content (AvgIpc) is 2.96. The maximum Gasteiger partial charge on any atom is 0.243 e. The number of rotatable bonds is 5. The Morgan fingerprint density at radius 2 is 2.10 bits per heavy atom. The zero-order valence-corrected chi connectivity index (χ0v) is 13.9. The Labute approximate surface area is 132 Å². The lowest BCUT2D eigenvalue weighted by Gasteiger charge is -2.35. The van der Waals surface area contributed by atoms with E-state index in [9.17, 15) is 4.79 Å². The lowest BCUT2D eigenvalue weighted by molar-refractivity contribution is -0.138. The summed E-state index contributed by atoms with van der Waals surface area (Å²) < 4.78 is 0. The second-order valence-electron chi connectivity index (χ2n) is 6.01. The molecule has 0 saturated carbocycles. The fourth-order valence-electron chi connectivity index (χ4n) is 3.21. The van der Waals surface area contributed by atoms with Crippen molar-refractivity contribution in [1.82, 2.24) is 10.2 Å². The summed E-state index contributed by atoms with van der Waals surface area (Å²) in [5, 5.41) is 4.18. The fraction of sp³-hybridized carbons (Fsp3) is 0.588. The summed E-state index contributed by atoms with van der Waals surface area (Å²) in [6, 6.07) is 7.78. The van der Waals surface area contributed by atoms with Crippen LogP contribution in [-0.4, -0.2) is 29.9 Å². The van der Waals surface area contributed by atoms with Gasteiger partial charge in [-0.25, -0.2) is 0 Å². The van der Waals surface area contributed by atoms with Gasteiger partial charge in [0.15, 0.2) is 0 Å². The van der Waals surface area contributed by atoms with Crippen molar-refractivity contribution in [3.05, 3.63) is 34.9 Å². The van der Waals surface area contributed by atoms with E-state index in [2.05, 4.69) is 19.2 Å². The van der Waals surface area contributed by atoms with Crippen LogP contribution in [0.5, 0.6) is 0 Å². The zero-order chi connectivity index (χ0) is 15.5. The standard InChI is InChI=1S/C17H25ClN2O/c1-4-10-17(11-5-12-19-17)16(21)20(3)13(2)14-6-8-15(18)9-7-14/h6-9,13,19H,4-5,10-12H2,1-3H3. The molecule has 1 saturated heterocycles. The molecule has 21 heavy (non-hydrogen) atoms. The molecule has 1 heterocycles. The molecule has 1 amide bonds. The predicted molar refractivity (Wildman–Crippen MR) is 87.5 cm³/mol. The molecule has 0 bridgehead atoms. The van der Waals surface area contributed by atoms with Gasteiger partial charge in [0.2, 0.25) is 5.91 Å². The van der Waals surface area contributed by atoms with Crippen LogP contribution < -0.4 is 5.32 Å². The van der Waals surface area contributed by atoms with Gasteiger partial charge in [-0.1, -0.05) is 37.1 Å². The molecule has 1 aromatic carbocycles. The monoisotopic (exact) mass is 308 g/mol. The maximum absolute atomic E-state index is 13.0. The van der Waals surface area contributed by atoms with Gasteiger partial charge in [-0.15, -0.1) is 0 Å². The van der Waals surface area contributed by atoms with Crippen LogP contribution in [0.15, 0.2) is 24.3 Å². The highest BCUT2D eigenvalue weighted by atomic mass is 35.5. The third kappa shape index (κ3) is 3.41. The molecule has 4 heteroatoms. The molecule has 0 radical (unpaired) electrons. The number of nitrogens with zero attached hydrogens (tertiary/aromatic N) is 1. The normalized spacial score (nSPS) is 23.0. The van der Waals surface area contributed by atoms with Crippen LogP contribution in [-0.2, 0) is 4.79 Å². The summed E-state index contributed by atoms with van der Waals surface area (Å²) in [5.41, 5.74) is 0.754. The Bertz CT molecular complexity index is 480. The van der Waals surface area contributed by atoms with Crippen LogP contribution in [0.1, 0.15) is 51.1 Å². The van der Waals surface area contributed by atoms with E-state index in [1.54, 1.807) is 0 Å². The molecular weight excluding hydrogens is 284 g/mol. The van der Waals surface area contributed by atoms with E-state index in [-0.39, 0.29) is 17.5 Å². The average molecular weight is 309 g/mol. The van der Waals surface area contributed by atoms with Crippen molar-refractivity contribution >= 4 is 17.5 Å². The van der Waals surface area contributed by atoms with Gasteiger partial charge in [0.25, 0.3) is 0 Å². The number of amides is 1. The molecular formula is C17H25ClN2O. The molecule has 2 unspecified atom stereocenters. The molecule has 116 valence electrons. The molecule has 1 fully saturated rings. The van der Waals surface area contributed by atoms with Crippen molar-refractivity contribution in [3.8, 4) is 0 Å². The summed E-state index contributed by atoms with van der Waals surface area (Å²) in [6.45, 7) is 5.14. The lowest BCUT2D eigenvalue weighted by atomic mass is 9.89. The molecule has 1 aromatic rings. The van der Waals surface area contributed by atoms with Crippen molar-refractivity contribution in [1.29, 1.82) is 0 Å². The number of hydrogen-bond donors (Lipinski definition) is 1. The first-order valence-electron chi connectivity index (χ1n) is 7.78. The minimum Gasteiger partial charge on any atom is -0.337 e. The van der Waals surface area contributed by atoms with Crippen LogP contribution >= 0.6 is 11.6 Å². The molecule has 1 aliphatic heterocycles. The zero-order valence-electron chi connectivity index (χ0n) is 13.2. The number of carbonyl (C=O) groups is 1. The van der Waals surface area contributed by atoms with Gasteiger partial charge in [0.1, 0.15) is 0 Å². The van der Waals surface area contributed by atoms with Crippen LogP contribution in [0.25, 0.3) is 0 Å². The van der Waals surface area contributed by atoms with Crippen LogP contribution in [0.4, 0.5) is 0 Å². The van der Waals surface area contributed by atoms with Crippen molar-refractivity contribution < 1.29 is 4.79 Å². The second-order valence-corrected chi connectivity index (χ2v) is 6.44. The van der Waals surface area contributed by atoms with E-state index in [1.165, 1.54) is 0 Å². The first-order chi connectivity index (χ1) is 10.00. The smallest absolute Gasteiger partial charge is 0.243 e. The number of likely N-dealkylation sites (N-methyl/N-ethyl adjacent to an activating group) is 1. The molecule has 0 spiro atoms. The Hall–Kier alpha value is -1.06. The number of hydrogen-bond acceptors (Lipinski definition) is 2. The Morgan fingerprint density at radius 3 is 2.62 bits per heavy atom. The number of carbonyl (C=O) groups excluding carboxylic acids is 1. The Balaban J connectivity index is 2.15. The highest BCUT2D eigenvalue weighted by Crippen LogP contribution is 2.30. The molecule has 0 aliphatic carbocycles. The summed E-state index contributed by atoms with van der Waals surface area (Å²) in [7, 11) is 1.90. The molecule has 1 aliphatic rings. The van der Waals surface area contributed by atoms with Crippen molar-refractivity contribution in [3.63, 3.8) is 0 Å².